The van der Waals surface area contributed by atoms with Gasteiger partial charge in [-0.05, 0) is 98.3 Å². The van der Waals surface area contributed by atoms with E-state index in [0.717, 1.165) is 58.3 Å². The number of phenolic OH excluding ortho intramolecular Hbond substituents is 1. The number of phenols is 1. The van der Waals surface area contributed by atoms with Gasteiger partial charge in [-0.15, -0.1) is 0 Å². The normalized spacial score (nSPS) is 12.8. The van der Waals surface area contributed by atoms with Crippen molar-refractivity contribution >= 4 is 28.4 Å². The molecule has 0 atom stereocenters. The van der Waals surface area contributed by atoms with Crippen LogP contribution < -0.4 is 10.6 Å². The van der Waals surface area contributed by atoms with Gasteiger partial charge in [-0.1, -0.05) is 66.3 Å². The van der Waals surface area contributed by atoms with Gasteiger partial charge in [0, 0.05) is 51.9 Å². The molecule has 1 aliphatic rings. The van der Waals surface area contributed by atoms with Crippen LogP contribution in [0.4, 0.5) is 0 Å². The molecule has 9 nitrogen and oxygen atoms in total. The van der Waals surface area contributed by atoms with Gasteiger partial charge in [-0.2, -0.15) is 0 Å². The molecule has 6 rings (SSSR count). The Bertz CT molecular complexity index is 1940. The minimum Gasteiger partial charge on any atom is -0.507 e. The van der Waals surface area contributed by atoms with Gasteiger partial charge in [-0.25, -0.2) is 0 Å². The van der Waals surface area contributed by atoms with Gasteiger partial charge in [0.1, 0.15) is 5.75 Å². The number of likely N-dealkylation sites (N-methyl/N-ethyl adjacent to an activating group) is 1. The number of rotatable bonds is 15. The van der Waals surface area contributed by atoms with E-state index in [-0.39, 0.29) is 16.8 Å². The lowest BCUT2D eigenvalue weighted by Crippen LogP contribution is -2.32. The highest BCUT2D eigenvalue weighted by molar-refractivity contribution is 8.15. The highest BCUT2D eigenvalue weighted by Gasteiger charge is 2.42. The maximum absolute atomic E-state index is 13.0. The molecule has 4 aromatic carbocycles. The van der Waals surface area contributed by atoms with Crippen LogP contribution in [0.2, 0.25) is 0 Å². The summed E-state index contributed by atoms with van der Waals surface area (Å²) in [5.41, 5.74) is 4.51. The van der Waals surface area contributed by atoms with Crippen molar-refractivity contribution in [3.8, 4) is 5.75 Å². The average molecular weight is 690 g/mol. The molecule has 0 radical (unpaired) electrons. The molecule has 5 aromatic rings. The van der Waals surface area contributed by atoms with Gasteiger partial charge in [0.2, 0.25) is 5.12 Å². The van der Waals surface area contributed by atoms with E-state index in [2.05, 4.69) is 22.4 Å². The van der Waals surface area contributed by atoms with Crippen molar-refractivity contribution < 1.29 is 24.3 Å². The van der Waals surface area contributed by atoms with E-state index in [0.29, 0.717) is 54.3 Å². The number of carbonyl (C=O) groups excluding carboxylic acids is 2. The van der Waals surface area contributed by atoms with Crippen LogP contribution in [0.15, 0.2) is 119 Å². The number of aromatic hydroxyl groups is 1. The third-order valence-electron chi connectivity index (χ3n) is 8.87. The van der Waals surface area contributed by atoms with Crippen molar-refractivity contribution in [2.75, 3.05) is 33.2 Å². The van der Waals surface area contributed by atoms with Gasteiger partial charge >= 0.3 is 0 Å². The zero-order valence-electron chi connectivity index (χ0n) is 27.9. The van der Waals surface area contributed by atoms with Crippen molar-refractivity contribution in [2.24, 2.45) is 0 Å². The van der Waals surface area contributed by atoms with Crippen LogP contribution in [-0.2, 0) is 29.8 Å². The number of aromatic nitrogens is 1. The molecule has 1 aromatic heterocycles. The van der Waals surface area contributed by atoms with Crippen molar-refractivity contribution in [1.82, 2.24) is 20.7 Å². The summed E-state index contributed by atoms with van der Waals surface area (Å²) in [5, 5.41) is 30.4. The molecule has 10 heteroatoms. The maximum atomic E-state index is 13.0. The first kappa shape index (κ1) is 34.8. The summed E-state index contributed by atoms with van der Waals surface area (Å²) < 4.78 is 5.70. The minimum atomic E-state index is -1.21. The van der Waals surface area contributed by atoms with Gasteiger partial charge < -0.3 is 25.4 Å². The third-order valence-corrected chi connectivity index (χ3v) is 9.97. The summed E-state index contributed by atoms with van der Waals surface area (Å²) in [6.45, 7) is 6.79. The van der Waals surface area contributed by atoms with Crippen molar-refractivity contribution in [1.29, 1.82) is 0 Å². The Kier molecular flexibility index (Phi) is 10.9. The number of nitrogens with zero attached hydrogens (tertiary/aromatic N) is 2. The van der Waals surface area contributed by atoms with Gasteiger partial charge in [0.25, 0.3) is 11.5 Å². The lowest BCUT2D eigenvalue weighted by atomic mass is 9.83. The molecule has 1 amide bonds. The predicted octanol–water partition coefficient (Wildman–Crippen LogP) is 5.28. The first-order chi connectivity index (χ1) is 24.2. The summed E-state index contributed by atoms with van der Waals surface area (Å²) in [5.74, 6) is 0.608. The standard InChI is InChI=1S/C40H40N4O5S/c1-27-36-34(45)17-16-29(37(36)50-39(27)47)19-21-41-20-18-28-10-9-11-30(24-28)38(46)42-22-23-44(2)26-33-25-35(43-49-33)40(48,31-12-5-3-6-13-31)32-14-7-4-8-15-32/h3-17,24-25,41,45,48H,1,18-23,26H2,2H3,(H,42,46)/p+1. The van der Waals surface area contributed by atoms with Gasteiger partial charge in [-0.3, -0.25) is 14.5 Å². The van der Waals surface area contributed by atoms with E-state index >= 15 is 0 Å². The lowest BCUT2D eigenvalue weighted by Gasteiger charge is -2.22. The van der Waals surface area contributed by atoms with Gasteiger partial charge in [0.15, 0.2) is 11.5 Å². The molecule has 256 valence electrons. The number of amides is 1. The molecule has 0 saturated carbocycles. The van der Waals surface area contributed by atoms with Crippen LogP contribution in [0.1, 0.15) is 49.6 Å². The number of carbonyl (C=O) groups is 2. The van der Waals surface area contributed by atoms with Crippen molar-refractivity contribution in [3.05, 3.63) is 155 Å². The third kappa shape index (κ3) is 7.74. The highest BCUT2D eigenvalue weighted by atomic mass is 32.2. The van der Waals surface area contributed by atoms with Crippen LogP contribution >= 0.6 is 11.8 Å². The number of benzene rings is 4. The lowest BCUT2D eigenvalue weighted by molar-refractivity contribution is -0.106. The van der Waals surface area contributed by atoms with E-state index in [1.54, 1.807) is 6.07 Å². The van der Waals surface area contributed by atoms with Crippen LogP contribution in [0.25, 0.3) is 5.57 Å². The predicted molar refractivity (Wildman–Crippen MR) is 196 cm³/mol. The Morgan fingerprint density at radius 1 is 0.940 bits per heavy atom. The Morgan fingerprint density at radius 3 is 2.36 bits per heavy atom. The number of fused-ring (bicyclic) bond motifs is 1. The molecular formula is C40H41N4O5S+. The van der Waals surface area contributed by atoms with Crippen LogP contribution in [0, 0.1) is 0 Å². The van der Waals surface area contributed by atoms with Crippen molar-refractivity contribution in [3.63, 3.8) is 0 Å². The molecule has 5 N–H and O–H groups in total. The zero-order valence-corrected chi connectivity index (χ0v) is 28.8. The van der Waals surface area contributed by atoms with E-state index in [4.69, 9.17) is 4.52 Å². The van der Waals surface area contributed by atoms with Crippen LogP contribution in [0.5, 0.6) is 5.75 Å². The monoisotopic (exact) mass is 689 g/mol. The molecule has 0 bridgehead atoms. The molecule has 50 heavy (non-hydrogen) atoms. The fraction of sp³-hybridized carbons (Fsp3) is 0.225. The number of hydrogen-bond acceptors (Lipinski definition) is 8. The second kappa shape index (κ2) is 15.7. The molecule has 2 heterocycles. The van der Waals surface area contributed by atoms with Crippen LogP contribution in [0.3, 0.4) is 0 Å². The quantitative estimate of drug-likeness (QED) is 0.0770. The summed E-state index contributed by atoms with van der Waals surface area (Å²) in [6, 6.07) is 32.3. The summed E-state index contributed by atoms with van der Waals surface area (Å²) in [6.07, 6.45) is 1.48. The largest absolute Gasteiger partial charge is 0.507 e. The average Bonchev–Trinajstić information content (AvgIpc) is 3.73. The maximum Gasteiger partial charge on any atom is 0.262 e. The minimum absolute atomic E-state index is 0.0940. The zero-order chi connectivity index (χ0) is 35.1. The SMILES string of the molecule is C=C1C(=O)Sc2c(CCNCCc3cccc(C(=O)NCCN(C)Cc4cc(C([OH2+])(c5ccccc5)c5ccccc5)no4)c3)ccc(O)c21. The molecule has 0 fully saturated rings. The Hall–Kier alpha value is -5.00. The van der Waals surface area contributed by atoms with Crippen LogP contribution in [-0.4, -0.2) is 64.5 Å². The molecule has 0 saturated heterocycles. The summed E-state index contributed by atoms with van der Waals surface area (Å²) >= 11 is 1.13. The summed E-state index contributed by atoms with van der Waals surface area (Å²) in [7, 11) is 1.95. The first-order valence-electron chi connectivity index (χ1n) is 16.6. The van der Waals surface area contributed by atoms with E-state index in [9.17, 15) is 19.8 Å². The van der Waals surface area contributed by atoms with E-state index in [1.807, 2.05) is 109 Å². The Morgan fingerprint density at radius 2 is 1.64 bits per heavy atom. The topological polar surface area (TPSA) is 131 Å². The fourth-order valence-electron chi connectivity index (χ4n) is 6.14. The Balaban J connectivity index is 0.958. The molecular weight excluding hydrogens is 649 g/mol. The molecule has 0 spiro atoms. The first-order valence-corrected chi connectivity index (χ1v) is 17.4. The fourth-order valence-corrected chi connectivity index (χ4v) is 7.18. The van der Waals surface area contributed by atoms with Crippen molar-refractivity contribution in [2.45, 2.75) is 29.9 Å². The second-order valence-corrected chi connectivity index (χ2v) is 13.4. The molecule has 0 aliphatic carbocycles. The molecule has 0 unspecified atom stereocenters. The molecule has 1 aliphatic heterocycles. The van der Waals surface area contributed by atoms with Gasteiger partial charge in [0.05, 0.1) is 6.54 Å². The number of nitrogens with one attached hydrogen (secondary N) is 2. The number of hydrogen-bond donors (Lipinski definition) is 3. The smallest absolute Gasteiger partial charge is 0.262 e. The second-order valence-electron chi connectivity index (χ2n) is 12.4. The highest BCUT2D eigenvalue weighted by Crippen LogP contribution is 2.46. The van der Waals surface area contributed by atoms with E-state index in [1.165, 1.54) is 0 Å². The summed E-state index contributed by atoms with van der Waals surface area (Å²) in [4.78, 5) is 27.9. The number of thioether (sulfide) groups is 1. The Labute approximate surface area is 296 Å². The van der Waals surface area contributed by atoms with E-state index < -0.39 is 5.60 Å².